The summed E-state index contributed by atoms with van der Waals surface area (Å²) >= 11 is 0. The molecule has 0 bridgehead atoms. The molecule has 3 heteroatoms. The van der Waals surface area contributed by atoms with Crippen LogP contribution in [0.2, 0.25) is 0 Å². The molecule has 2 N–H and O–H groups in total. The molecule has 0 aromatic heterocycles. The first-order valence-electron chi connectivity index (χ1n) is 13.1. The van der Waals surface area contributed by atoms with Crippen molar-refractivity contribution in [1.82, 2.24) is 5.32 Å². The Hall–Kier alpha value is -0.380. The van der Waals surface area contributed by atoms with Gasteiger partial charge in [0, 0.05) is 12.5 Å². The van der Waals surface area contributed by atoms with Crippen LogP contribution in [0.3, 0.4) is 0 Å². The van der Waals surface area contributed by atoms with E-state index in [9.17, 15) is 5.11 Å². The molecule has 2 heterocycles. The van der Waals surface area contributed by atoms with Crippen molar-refractivity contribution in [1.29, 1.82) is 0 Å². The predicted molar refractivity (Wildman–Crippen MR) is 120 cm³/mol. The molecule has 0 aromatic rings. The van der Waals surface area contributed by atoms with Crippen molar-refractivity contribution in [3.63, 3.8) is 0 Å². The molecule has 6 rings (SSSR count). The highest BCUT2D eigenvalue weighted by molar-refractivity contribution is 5.26. The van der Waals surface area contributed by atoms with Gasteiger partial charge in [-0.2, -0.15) is 0 Å². The fourth-order valence-electron chi connectivity index (χ4n) is 9.84. The number of fused-ring (bicyclic) bond motifs is 7. The summed E-state index contributed by atoms with van der Waals surface area (Å²) in [5, 5.41) is 14.1. The van der Waals surface area contributed by atoms with Gasteiger partial charge in [0.15, 0.2) is 0 Å². The molecule has 3 saturated carbocycles. The minimum Gasteiger partial charge on any atom is -0.393 e. The maximum absolute atomic E-state index is 10.3. The molecule has 0 amide bonds. The summed E-state index contributed by atoms with van der Waals surface area (Å²) in [6.07, 6.45) is 13.8. The van der Waals surface area contributed by atoms with E-state index in [0.29, 0.717) is 22.9 Å². The molecular weight excluding hydrogens is 370 g/mol. The topological polar surface area (TPSA) is 41.5 Å². The van der Waals surface area contributed by atoms with Crippen molar-refractivity contribution in [2.24, 2.45) is 46.3 Å². The van der Waals surface area contributed by atoms with Crippen LogP contribution in [-0.2, 0) is 4.74 Å². The highest BCUT2D eigenvalue weighted by Gasteiger charge is 2.68. The van der Waals surface area contributed by atoms with E-state index in [2.05, 4.69) is 39.1 Å². The molecular formula is C27H43NO2. The Morgan fingerprint density at radius 3 is 2.67 bits per heavy atom. The molecule has 6 aliphatic rings. The number of nitrogens with one attached hydrogen (secondary N) is 1. The molecule has 168 valence electrons. The minimum atomic E-state index is -0.100. The van der Waals surface area contributed by atoms with E-state index in [1.54, 1.807) is 5.57 Å². The summed E-state index contributed by atoms with van der Waals surface area (Å²) in [6, 6.07) is 0. The third-order valence-corrected chi connectivity index (χ3v) is 11.6. The number of piperidine rings is 1. The van der Waals surface area contributed by atoms with Crippen LogP contribution in [0.1, 0.15) is 85.5 Å². The van der Waals surface area contributed by atoms with Crippen LogP contribution in [0.4, 0.5) is 0 Å². The fraction of sp³-hybridized carbons (Fsp3) is 0.926. The van der Waals surface area contributed by atoms with E-state index in [4.69, 9.17) is 4.74 Å². The van der Waals surface area contributed by atoms with E-state index in [1.165, 1.54) is 44.9 Å². The van der Waals surface area contributed by atoms with Crippen LogP contribution in [-0.4, -0.2) is 29.6 Å². The highest BCUT2D eigenvalue weighted by atomic mass is 16.5. The molecule has 2 saturated heterocycles. The van der Waals surface area contributed by atoms with Crippen LogP contribution in [0.25, 0.3) is 0 Å². The fourth-order valence-corrected chi connectivity index (χ4v) is 9.84. The minimum absolute atomic E-state index is 0.0439. The second-order valence-corrected chi connectivity index (χ2v) is 12.8. The molecule has 30 heavy (non-hydrogen) atoms. The molecule has 1 spiro atoms. The van der Waals surface area contributed by atoms with Gasteiger partial charge in [-0.1, -0.05) is 39.3 Å². The van der Waals surface area contributed by atoms with Crippen molar-refractivity contribution in [2.75, 3.05) is 6.54 Å². The Bertz CT molecular complexity index is 739. The number of allylic oxidation sites excluding steroid dienone is 1. The first kappa shape index (κ1) is 20.2. The first-order valence-corrected chi connectivity index (χ1v) is 13.1. The molecule has 4 aliphatic carbocycles. The Morgan fingerprint density at radius 1 is 1.07 bits per heavy atom. The van der Waals surface area contributed by atoms with Crippen molar-refractivity contribution in [3.8, 4) is 0 Å². The SMILES string of the molecule is C[C@@H]1CC[C@]2(NC1)O[C@@H]1C[C@H]3[C@@H]4CC=C5C[C@H](O)CC[C@]5(C)[C@H]4CC[C@@]3(C)[C@H]1[C@@H]2C. The van der Waals surface area contributed by atoms with E-state index < -0.39 is 0 Å². The normalized spacial score (nSPS) is 59.8. The zero-order chi connectivity index (χ0) is 20.9. The number of aliphatic hydroxyl groups is 1. The van der Waals surface area contributed by atoms with Crippen molar-refractivity contribution < 1.29 is 9.84 Å². The van der Waals surface area contributed by atoms with Gasteiger partial charge in [0.25, 0.3) is 0 Å². The van der Waals surface area contributed by atoms with Crippen molar-refractivity contribution in [3.05, 3.63) is 11.6 Å². The van der Waals surface area contributed by atoms with E-state index in [-0.39, 0.29) is 11.8 Å². The van der Waals surface area contributed by atoms with Gasteiger partial charge < -0.3 is 9.84 Å². The Kier molecular flexibility index (Phi) is 4.44. The number of ether oxygens (including phenoxy) is 1. The first-order chi connectivity index (χ1) is 14.3. The highest BCUT2D eigenvalue weighted by Crippen LogP contribution is 2.70. The molecule has 0 radical (unpaired) electrons. The lowest BCUT2D eigenvalue weighted by Crippen LogP contribution is -2.57. The van der Waals surface area contributed by atoms with E-state index in [0.717, 1.165) is 49.0 Å². The van der Waals surface area contributed by atoms with Crippen LogP contribution in [0, 0.1) is 46.3 Å². The number of hydrogen-bond donors (Lipinski definition) is 2. The Balaban J connectivity index is 1.28. The Labute approximate surface area is 183 Å². The number of aliphatic hydroxyl groups excluding tert-OH is 1. The average molecular weight is 414 g/mol. The third kappa shape index (κ3) is 2.55. The van der Waals surface area contributed by atoms with Gasteiger partial charge in [0.2, 0.25) is 0 Å². The van der Waals surface area contributed by atoms with Gasteiger partial charge in [-0.25, -0.2) is 0 Å². The van der Waals surface area contributed by atoms with Gasteiger partial charge >= 0.3 is 0 Å². The molecule has 2 aliphatic heterocycles. The van der Waals surface area contributed by atoms with Crippen molar-refractivity contribution in [2.45, 2.75) is 103 Å². The maximum atomic E-state index is 10.3. The standard InChI is InChI=1S/C27H43NO2/c1-16-7-12-27(28-15-16)17(2)24-23(30-27)14-22-20-6-5-18-13-19(29)8-10-25(18,3)21(20)9-11-26(22,24)4/h5,16-17,19-24,28-29H,6-15H2,1-4H3/t16-,17+,19-,20-,21+,22+,23-,24+,25+,26-,27+/m1/s1. The van der Waals surface area contributed by atoms with Crippen LogP contribution < -0.4 is 5.32 Å². The van der Waals surface area contributed by atoms with Crippen LogP contribution >= 0.6 is 0 Å². The zero-order valence-electron chi connectivity index (χ0n) is 19.6. The van der Waals surface area contributed by atoms with E-state index in [1.807, 2.05) is 0 Å². The molecule has 5 fully saturated rings. The molecule has 11 atom stereocenters. The van der Waals surface area contributed by atoms with Gasteiger partial charge in [-0.3, -0.25) is 5.32 Å². The maximum Gasteiger partial charge on any atom is 0.122 e. The Morgan fingerprint density at radius 2 is 1.90 bits per heavy atom. The molecule has 0 unspecified atom stereocenters. The van der Waals surface area contributed by atoms with Gasteiger partial charge in [0.05, 0.1) is 12.2 Å². The zero-order valence-corrected chi connectivity index (χ0v) is 19.6. The lowest BCUT2D eigenvalue weighted by atomic mass is 9.47. The third-order valence-electron chi connectivity index (χ3n) is 11.6. The van der Waals surface area contributed by atoms with Crippen LogP contribution in [0.5, 0.6) is 0 Å². The molecule has 0 aromatic carbocycles. The monoisotopic (exact) mass is 413 g/mol. The summed E-state index contributed by atoms with van der Waals surface area (Å²) in [6.45, 7) is 11.2. The summed E-state index contributed by atoms with van der Waals surface area (Å²) in [7, 11) is 0. The summed E-state index contributed by atoms with van der Waals surface area (Å²) < 4.78 is 7.00. The summed E-state index contributed by atoms with van der Waals surface area (Å²) in [5.74, 6) is 4.58. The lowest BCUT2D eigenvalue weighted by molar-refractivity contribution is -0.115. The summed E-state index contributed by atoms with van der Waals surface area (Å²) in [4.78, 5) is 0. The van der Waals surface area contributed by atoms with Gasteiger partial charge in [0.1, 0.15) is 5.72 Å². The second-order valence-electron chi connectivity index (χ2n) is 12.8. The van der Waals surface area contributed by atoms with E-state index >= 15 is 0 Å². The second kappa shape index (κ2) is 6.58. The van der Waals surface area contributed by atoms with Gasteiger partial charge in [-0.15, -0.1) is 0 Å². The number of rotatable bonds is 0. The summed E-state index contributed by atoms with van der Waals surface area (Å²) in [5.41, 5.74) is 2.33. The predicted octanol–water partition coefficient (Wildman–Crippen LogP) is 5.29. The smallest absolute Gasteiger partial charge is 0.122 e. The average Bonchev–Trinajstić information content (AvgIpc) is 3.16. The quantitative estimate of drug-likeness (QED) is 0.530. The lowest BCUT2D eigenvalue weighted by Gasteiger charge is -2.58. The van der Waals surface area contributed by atoms with Crippen molar-refractivity contribution >= 4 is 0 Å². The van der Waals surface area contributed by atoms with Crippen LogP contribution in [0.15, 0.2) is 11.6 Å². The molecule has 3 nitrogen and oxygen atoms in total. The van der Waals surface area contributed by atoms with Gasteiger partial charge in [-0.05, 0) is 98.2 Å². The number of hydrogen-bond acceptors (Lipinski definition) is 3. The largest absolute Gasteiger partial charge is 0.393 e.